The van der Waals surface area contributed by atoms with E-state index in [-0.39, 0.29) is 11.7 Å². The summed E-state index contributed by atoms with van der Waals surface area (Å²) in [5.74, 6) is -1.02. The Morgan fingerprint density at radius 1 is 1.37 bits per heavy atom. The van der Waals surface area contributed by atoms with Gasteiger partial charge in [0.05, 0.1) is 5.75 Å². The highest BCUT2D eigenvalue weighted by molar-refractivity contribution is 8.00. The van der Waals surface area contributed by atoms with Crippen LogP contribution in [-0.4, -0.2) is 28.8 Å². The summed E-state index contributed by atoms with van der Waals surface area (Å²) in [4.78, 5) is 23.3. The van der Waals surface area contributed by atoms with E-state index < -0.39 is 12.0 Å². The van der Waals surface area contributed by atoms with Crippen LogP contribution in [0, 0.1) is 0 Å². The molecule has 1 atom stereocenters. The van der Waals surface area contributed by atoms with Gasteiger partial charge >= 0.3 is 5.97 Å². The van der Waals surface area contributed by atoms with Gasteiger partial charge in [0.15, 0.2) is 0 Å². The Morgan fingerprint density at radius 2 is 2.11 bits per heavy atom. The number of thioether (sulfide) groups is 1. The highest BCUT2D eigenvalue weighted by Gasteiger charge is 2.15. The molecule has 5 heteroatoms. The Hall–Kier alpha value is -1.49. The Bertz CT molecular complexity index is 501. The number of carboxylic acid groups (broad SMARTS) is 1. The fraction of sp³-hybridized carbons (Fsp3) is 0.429. The summed E-state index contributed by atoms with van der Waals surface area (Å²) in [5, 5.41) is 11.1. The number of aliphatic carboxylic acids is 1. The SMILES string of the molecule is C[C@@H](NC(=O)CSc1ccc2c(c1)CCC2)C(=O)O. The number of aryl methyl sites for hydroxylation is 2. The molecule has 0 radical (unpaired) electrons. The molecule has 0 unspecified atom stereocenters. The minimum Gasteiger partial charge on any atom is -0.480 e. The van der Waals surface area contributed by atoms with E-state index in [2.05, 4.69) is 17.4 Å². The van der Waals surface area contributed by atoms with E-state index in [9.17, 15) is 9.59 Å². The maximum Gasteiger partial charge on any atom is 0.325 e. The van der Waals surface area contributed by atoms with Crippen LogP contribution < -0.4 is 5.32 Å². The fourth-order valence-corrected chi connectivity index (χ4v) is 2.90. The first-order valence-electron chi connectivity index (χ1n) is 6.33. The first-order valence-corrected chi connectivity index (χ1v) is 7.31. The number of hydrogen-bond acceptors (Lipinski definition) is 3. The van der Waals surface area contributed by atoms with Crippen molar-refractivity contribution < 1.29 is 14.7 Å². The molecule has 0 heterocycles. The van der Waals surface area contributed by atoms with Crippen LogP contribution in [0.1, 0.15) is 24.5 Å². The van der Waals surface area contributed by atoms with E-state index >= 15 is 0 Å². The maximum atomic E-state index is 11.6. The number of fused-ring (bicyclic) bond motifs is 1. The van der Waals surface area contributed by atoms with Gasteiger partial charge in [-0.25, -0.2) is 0 Å². The first-order chi connectivity index (χ1) is 9.06. The summed E-state index contributed by atoms with van der Waals surface area (Å²) in [6.07, 6.45) is 3.48. The molecule has 0 aliphatic heterocycles. The van der Waals surface area contributed by atoms with Gasteiger partial charge in [0, 0.05) is 4.90 Å². The van der Waals surface area contributed by atoms with Gasteiger partial charge in [0.1, 0.15) is 6.04 Å². The van der Waals surface area contributed by atoms with Crippen molar-refractivity contribution in [3.05, 3.63) is 29.3 Å². The number of carbonyl (C=O) groups excluding carboxylic acids is 1. The van der Waals surface area contributed by atoms with Crippen molar-refractivity contribution in [1.29, 1.82) is 0 Å². The third-order valence-electron chi connectivity index (χ3n) is 3.19. The van der Waals surface area contributed by atoms with E-state index in [0.29, 0.717) is 0 Å². The number of rotatable bonds is 5. The Kier molecular flexibility index (Phi) is 4.47. The number of carboxylic acids is 1. The van der Waals surface area contributed by atoms with Gasteiger partial charge in [-0.2, -0.15) is 0 Å². The molecule has 1 aliphatic carbocycles. The second kappa shape index (κ2) is 6.10. The van der Waals surface area contributed by atoms with Crippen LogP contribution in [0.3, 0.4) is 0 Å². The van der Waals surface area contributed by atoms with Crippen molar-refractivity contribution in [2.45, 2.75) is 37.1 Å². The lowest BCUT2D eigenvalue weighted by molar-refractivity contribution is -0.140. The van der Waals surface area contributed by atoms with E-state index in [1.165, 1.54) is 36.2 Å². The molecule has 0 saturated carbocycles. The van der Waals surface area contributed by atoms with Crippen molar-refractivity contribution in [3.8, 4) is 0 Å². The quantitative estimate of drug-likeness (QED) is 0.807. The minimum atomic E-state index is -1.02. The molecular weight excluding hydrogens is 262 g/mol. The van der Waals surface area contributed by atoms with Crippen molar-refractivity contribution in [2.24, 2.45) is 0 Å². The lowest BCUT2D eigenvalue weighted by atomic mass is 10.1. The zero-order chi connectivity index (χ0) is 13.8. The number of benzene rings is 1. The largest absolute Gasteiger partial charge is 0.480 e. The molecule has 2 rings (SSSR count). The molecule has 102 valence electrons. The van der Waals surface area contributed by atoms with Crippen LogP contribution in [0.15, 0.2) is 23.1 Å². The van der Waals surface area contributed by atoms with Gasteiger partial charge in [0.2, 0.25) is 5.91 Å². The van der Waals surface area contributed by atoms with Crippen LogP contribution in [0.5, 0.6) is 0 Å². The average Bonchev–Trinajstić information content (AvgIpc) is 2.83. The molecule has 0 fully saturated rings. The summed E-state index contributed by atoms with van der Waals surface area (Å²) in [7, 11) is 0. The third kappa shape index (κ3) is 3.73. The van der Waals surface area contributed by atoms with Crippen LogP contribution in [0.25, 0.3) is 0 Å². The van der Waals surface area contributed by atoms with E-state index in [1.54, 1.807) is 0 Å². The maximum absolute atomic E-state index is 11.6. The van der Waals surface area contributed by atoms with Crippen LogP contribution in [-0.2, 0) is 22.4 Å². The third-order valence-corrected chi connectivity index (χ3v) is 4.18. The molecule has 1 amide bonds. The normalized spacial score (nSPS) is 14.8. The smallest absolute Gasteiger partial charge is 0.325 e. The summed E-state index contributed by atoms with van der Waals surface area (Å²) < 4.78 is 0. The highest BCUT2D eigenvalue weighted by Crippen LogP contribution is 2.27. The Labute approximate surface area is 116 Å². The van der Waals surface area contributed by atoms with Gasteiger partial charge in [-0.3, -0.25) is 9.59 Å². The molecule has 19 heavy (non-hydrogen) atoms. The van der Waals surface area contributed by atoms with Crippen molar-refractivity contribution in [3.63, 3.8) is 0 Å². The van der Waals surface area contributed by atoms with Crippen LogP contribution >= 0.6 is 11.8 Å². The molecule has 1 aromatic carbocycles. The summed E-state index contributed by atoms with van der Waals surface area (Å²) in [5.41, 5.74) is 2.79. The molecule has 1 aliphatic rings. The molecular formula is C14H17NO3S. The van der Waals surface area contributed by atoms with E-state index in [0.717, 1.165) is 17.7 Å². The molecule has 0 aromatic heterocycles. The van der Waals surface area contributed by atoms with Crippen molar-refractivity contribution in [1.82, 2.24) is 5.32 Å². The molecule has 4 nitrogen and oxygen atoms in total. The fourth-order valence-electron chi connectivity index (χ4n) is 2.13. The Balaban J connectivity index is 1.85. The lowest BCUT2D eigenvalue weighted by Gasteiger charge is -2.09. The highest BCUT2D eigenvalue weighted by atomic mass is 32.2. The van der Waals surface area contributed by atoms with Gasteiger partial charge in [0.25, 0.3) is 0 Å². The molecule has 0 bridgehead atoms. The van der Waals surface area contributed by atoms with E-state index in [4.69, 9.17) is 5.11 Å². The first kappa shape index (κ1) is 13.9. The minimum absolute atomic E-state index is 0.246. The monoisotopic (exact) mass is 279 g/mol. The van der Waals surface area contributed by atoms with Gasteiger partial charge in [-0.15, -0.1) is 11.8 Å². The summed E-state index contributed by atoms with van der Waals surface area (Å²) in [6.45, 7) is 1.46. The molecule has 1 aromatic rings. The average molecular weight is 279 g/mol. The number of nitrogens with one attached hydrogen (secondary N) is 1. The topological polar surface area (TPSA) is 66.4 Å². The molecule has 0 saturated heterocycles. The van der Waals surface area contributed by atoms with E-state index in [1.807, 2.05) is 6.07 Å². The zero-order valence-electron chi connectivity index (χ0n) is 10.8. The summed E-state index contributed by atoms with van der Waals surface area (Å²) >= 11 is 1.44. The van der Waals surface area contributed by atoms with Crippen LogP contribution in [0.2, 0.25) is 0 Å². The summed E-state index contributed by atoms with van der Waals surface area (Å²) in [6, 6.07) is 5.46. The number of amides is 1. The van der Waals surface area contributed by atoms with Gasteiger partial charge < -0.3 is 10.4 Å². The second-order valence-electron chi connectivity index (χ2n) is 4.70. The van der Waals surface area contributed by atoms with Crippen LogP contribution in [0.4, 0.5) is 0 Å². The van der Waals surface area contributed by atoms with Crippen molar-refractivity contribution in [2.75, 3.05) is 5.75 Å². The number of carbonyl (C=O) groups is 2. The lowest BCUT2D eigenvalue weighted by Crippen LogP contribution is -2.39. The Morgan fingerprint density at radius 3 is 2.84 bits per heavy atom. The predicted molar refractivity (Wildman–Crippen MR) is 74.4 cm³/mol. The predicted octanol–water partition coefficient (Wildman–Crippen LogP) is 1.86. The van der Waals surface area contributed by atoms with Gasteiger partial charge in [-0.05, 0) is 49.4 Å². The second-order valence-corrected chi connectivity index (χ2v) is 5.75. The molecule has 2 N–H and O–H groups in total. The van der Waals surface area contributed by atoms with Crippen molar-refractivity contribution >= 4 is 23.6 Å². The van der Waals surface area contributed by atoms with Gasteiger partial charge in [-0.1, -0.05) is 6.07 Å². The number of hydrogen-bond donors (Lipinski definition) is 2. The standard InChI is InChI=1S/C14H17NO3S/c1-9(14(17)18)15-13(16)8-19-12-6-5-10-3-2-4-11(10)7-12/h5-7,9H,2-4,8H2,1H3,(H,15,16)(H,17,18)/t9-/m1/s1. The molecule has 0 spiro atoms. The zero-order valence-corrected chi connectivity index (χ0v) is 11.6.